The van der Waals surface area contributed by atoms with Crippen LogP contribution in [0.2, 0.25) is 0 Å². The highest BCUT2D eigenvalue weighted by Crippen LogP contribution is 2.23. The van der Waals surface area contributed by atoms with Crippen LogP contribution in [-0.4, -0.2) is 41.4 Å². The first kappa shape index (κ1) is 9.52. The third-order valence-corrected chi connectivity index (χ3v) is 2.77. The van der Waals surface area contributed by atoms with Crippen LogP contribution >= 0.6 is 0 Å². The van der Waals surface area contributed by atoms with Crippen LogP contribution in [0.3, 0.4) is 0 Å². The second-order valence-electron chi connectivity index (χ2n) is 3.94. The van der Waals surface area contributed by atoms with Crippen LogP contribution in [0.1, 0.15) is 12.5 Å². The highest BCUT2D eigenvalue weighted by Gasteiger charge is 2.23. The first-order valence-corrected chi connectivity index (χ1v) is 5.06. The Kier molecular flexibility index (Phi) is 2.46. The first-order chi connectivity index (χ1) is 6.72. The van der Waals surface area contributed by atoms with Gasteiger partial charge in [-0.25, -0.2) is 4.68 Å². The molecule has 2 rings (SSSR count). The zero-order valence-corrected chi connectivity index (χ0v) is 9.03. The molecule has 0 unspecified atom stereocenters. The van der Waals surface area contributed by atoms with Crippen molar-refractivity contribution in [1.29, 1.82) is 0 Å². The molecule has 1 aliphatic heterocycles. The molecule has 0 bridgehead atoms. The quantitative estimate of drug-likeness (QED) is 0.698. The van der Waals surface area contributed by atoms with E-state index in [4.69, 9.17) is 4.74 Å². The van der Waals surface area contributed by atoms with Gasteiger partial charge in [-0.3, -0.25) is 0 Å². The molecule has 14 heavy (non-hydrogen) atoms. The first-order valence-electron chi connectivity index (χ1n) is 5.06. The molecule has 0 fully saturated rings. The van der Waals surface area contributed by atoms with Crippen molar-refractivity contribution < 1.29 is 4.74 Å². The van der Waals surface area contributed by atoms with E-state index in [0.29, 0.717) is 6.04 Å². The van der Waals surface area contributed by atoms with Gasteiger partial charge in [0.25, 0.3) is 0 Å². The molecule has 0 aromatic carbocycles. The van der Waals surface area contributed by atoms with Crippen LogP contribution in [0.4, 0.5) is 0 Å². The molecule has 1 aliphatic rings. The van der Waals surface area contributed by atoms with Crippen LogP contribution in [0.5, 0.6) is 5.88 Å². The van der Waals surface area contributed by atoms with E-state index in [9.17, 15) is 0 Å². The summed E-state index contributed by atoms with van der Waals surface area (Å²) in [6, 6.07) is 0.437. The number of nitrogens with zero attached hydrogens (tertiary/aromatic N) is 3. The maximum Gasteiger partial charge on any atom is 0.215 e. The Balaban J connectivity index is 2.20. The maximum absolute atomic E-state index is 5.72. The van der Waals surface area contributed by atoms with E-state index in [-0.39, 0.29) is 0 Å². The van der Waals surface area contributed by atoms with Crippen LogP contribution in [0.25, 0.3) is 0 Å². The average Bonchev–Trinajstić information content (AvgIpc) is 2.59. The number of hydrogen-bond donors (Lipinski definition) is 0. The van der Waals surface area contributed by atoms with Crippen molar-refractivity contribution in [3.63, 3.8) is 0 Å². The van der Waals surface area contributed by atoms with Gasteiger partial charge in [-0.1, -0.05) is 6.92 Å². The lowest BCUT2D eigenvalue weighted by Crippen LogP contribution is -2.41. The second-order valence-corrected chi connectivity index (χ2v) is 3.94. The predicted molar refractivity (Wildman–Crippen MR) is 54.6 cm³/mol. The van der Waals surface area contributed by atoms with E-state index in [1.54, 1.807) is 0 Å². The zero-order chi connectivity index (χ0) is 10.1. The van der Waals surface area contributed by atoms with Gasteiger partial charge >= 0.3 is 0 Å². The molecule has 0 saturated heterocycles. The summed E-state index contributed by atoms with van der Waals surface area (Å²) in [6.45, 7) is 3.83. The molecule has 1 aromatic rings. The fourth-order valence-corrected chi connectivity index (χ4v) is 1.69. The number of hydrogen-bond acceptors (Lipinski definition) is 3. The third-order valence-electron chi connectivity index (χ3n) is 2.77. The summed E-state index contributed by atoms with van der Waals surface area (Å²) in [5.74, 6) is 0.964. The number of likely N-dealkylation sites (N-methyl/N-ethyl adjacent to an activating group) is 1. The molecule has 0 saturated carbocycles. The van der Waals surface area contributed by atoms with Gasteiger partial charge in [0.05, 0.1) is 18.8 Å². The molecule has 78 valence electrons. The summed E-state index contributed by atoms with van der Waals surface area (Å²) in [7, 11) is 4.15. The Morgan fingerprint density at radius 3 is 3.07 bits per heavy atom. The van der Waals surface area contributed by atoms with Crippen LogP contribution in [0, 0.1) is 0 Å². The highest BCUT2D eigenvalue weighted by molar-refractivity contribution is 5.25. The molecular weight excluding hydrogens is 178 g/mol. The minimum Gasteiger partial charge on any atom is -0.476 e. The molecule has 0 amide bonds. The monoisotopic (exact) mass is 195 g/mol. The Labute approximate surface area is 84.5 Å². The van der Waals surface area contributed by atoms with Gasteiger partial charge in [0.2, 0.25) is 5.88 Å². The standard InChI is InChI=1S/C10H17N3O/c1-4-8-5-11-13-6-9(12(2)3)7-14-10(8)13/h5,9H,4,6-7H2,1-3H3/t9-/m0/s1. The summed E-state index contributed by atoms with van der Waals surface area (Å²) in [5, 5.41) is 4.33. The average molecular weight is 195 g/mol. The van der Waals surface area contributed by atoms with E-state index in [1.165, 1.54) is 5.56 Å². The van der Waals surface area contributed by atoms with Crippen LogP contribution < -0.4 is 4.74 Å². The molecule has 0 aliphatic carbocycles. The number of fused-ring (bicyclic) bond motifs is 1. The smallest absolute Gasteiger partial charge is 0.215 e. The van der Waals surface area contributed by atoms with Gasteiger partial charge in [0.1, 0.15) is 6.61 Å². The van der Waals surface area contributed by atoms with Crippen LogP contribution in [-0.2, 0) is 13.0 Å². The lowest BCUT2D eigenvalue weighted by molar-refractivity contribution is 0.119. The van der Waals surface area contributed by atoms with E-state index in [0.717, 1.165) is 25.5 Å². The minimum absolute atomic E-state index is 0.437. The van der Waals surface area contributed by atoms with Gasteiger partial charge < -0.3 is 9.64 Å². The Hall–Kier alpha value is -1.03. The Morgan fingerprint density at radius 1 is 1.64 bits per heavy atom. The van der Waals surface area contributed by atoms with Crippen LogP contribution in [0.15, 0.2) is 6.20 Å². The topological polar surface area (TPSA) is 30.3 Å². The van der Waals surface area contributed by atoms with E-state index in [2.05, 4.69) is 31.0 Å². The van der Waals surface area contributed by atoms with E-state index in [1.807, 2.05) is 10.9 Å². The number of rotatable bonds is 2. The lowest BCUT2D eigenvalue weighted by Gasteiger charge is -2.29. The molecule has 4 nitrogen and oxygen atoms in total. The molecule has 1 aromatic heterocycles. The van der Waals surface area contributed by atoms with E-state index >= 15 is 0 Å². The number of ether oxygens (including phenoxy) is 1. The van der Waals surface area contributed by atoms with E-state index < -0.39 is 0 Å². The summed E-state index contributed by atoms with van der Waals surface area (Å²) < 4.78 is 7.68. The molecule has 1 atom stereocenters. The Bertz CT molecular complexity index is 319. The largest absolute Gasteiger partial charge is 0.476 e. The summed E-state index contributed by atoms with van der Waals surface area (Å²) in [5.41, 5.74) is 1.21. The zero-order valence-electron chi connectivity index (χ0n) is 9.03. The molecule has 0 N–H and O–H groups in total. The van der Waals surface area contributed by atoms with Gasteiger partial charge in [-0.05, 0) is 20.5 Å². The van der Waals surface area contributed by atoms with Gasteiger partial charge in [0.15, 0.2) is 0 Å². The second kappa shape index (κ2) is 3.61. The highest BCUT2D eigenvalue weighted by atomic mass is 16.5. The van der Waals surface area contributed by atoms with Crippen molar-refractivity contribution in [2.24, 2.45) is 0 Å². The molecule has 0 spiro atoms. The molecule has 4 heteroatoms. The SMILES string of the molecule is CCc1cnn2c1OC[C@@H](N(C)C)C2. The van der Waals surface area contributed by atoms with Gasteiger partial charge in [-0.15, -0.1) is 0 Å². The van der Waals surface area contributed by atoms with Gasteiger partial charge in [-0.2, -0.15) is 5.10 Å². The van der Waals surface area contributed by atoms with Gasteiger partial charge in [0, 0.05) is 5.56 Å². The molecule has 2 heterocycles. The lowest BCUT2D eigenvalue weighted by atomic mass is 10.2. The third kappa shape index (κ3) is 1.50. The molecule has 0 radical (unpaired) electrons. The van der Waals surface area contributed by atoms with Crippen molar-refractivity contribution in [3.05, 3.63) is 11.8 Å². The fraction of sp³-hybridized carbons (Fsp3) is 0.700. The predicted octanol–water partition coefficient (Wildman–Crippen LogP) is 0.768. The Morgan fingerprint density at radius 2 is 2.43 bits per heavy atom. The van der Waals surface area contributed by atoms with Crippen molar-refractivity contribution in [1.82, 2.24) is 14.7 Å². The minimum atomic E-state index is 0.437. The summed E-state index contributed by atoms with van der Waals surface area (Å²) >= 11 is 0. The maximum atomic E-state index is 5.72. The van der Waals surface area contributed by atoms with Crippen molar-refractivity contribution in [2.75, 3.05) is 20.7 Å². The van der Waals surface area contributed by atoms with Crippen molar-refractivity contribution in [3.8, 4) is 5.88 Å². The number of aryl methyl sites for hydroxylation is 1. The van der Waals surface area contributed by atoms with Crippen molar-refractivity contribution in [2.45, 2.75) is 25.9 Å². The number of aromatic nitrogens is 2. The normalized spacial score (nSPS) is 20.7. The fourth-order valence-electron chi connectivity index (χ4n) is 1.69. The van der Waals surface area contributed by atoms with Crippen molar-refractivity contribution >= 4 is 0 Å². The summed E-state index contributed by atoms with van der Waals surface area (Å²) in [4.78, 5) is 2.18. The molecular formula is C10H17N3O. The summed E-state index contributed by atoms with van der Waals surface area (Å²) in [6.07, 6.45) is 2.90.